The molecule has 0 bridgehead atoms. The van der Waals surface area contributed by atoms with Crippen molar-refractivity contribution in [2.75, 3.05) is 13.1 Å². The van der Waals surface area contributed by atoms with Crippen molar-refractivity contribution in [3.05, 3.63) is 67.0 Å². The molecular formula is C34H34N2O4S4. The van der Waals surface area contributed by atoms with E-state index in [-0.39, 0.29) is 23.6 Å². The summed E-state index contributed by atoms with van der Waals surface area (Å²) in [5.41, 5.74) is 1.06. The Labute approximate surface area is 273 Å². The molecule has 0 saturated heterocycles. The van der Waals surface area contributed by atoms with E-state index in [0.29, 0.717) is 34.0 Å². The SMILES string of the molecule is CCCCCCN1C(=O)c2cc(-c3ccc(/C=C/c4ccc(-c5cc6c(s5)C(=O)N(CCCCCC)C6=O)s4)s3)sc2C1=O. The minimum absolute atomic E-state index is 0.160. The number of carbonyl (C=O) groups excluding carboxylic acids is 4. The summed E-state index contributed by atoms with van der Waals surface area (Å²) in [5.74, 6) is -0.656. The van der Waals surface area contributed by atoms with E-state index in [1.807, 2.05) is 24.3 Å². The van der Waals surface area contributed by atoms with Gasteiger partial charge >= 0.3 is 0 Å². The Morgan fingerprint density at radius 2 is 0.955 bits per heavy atom. The Morgan fingerprint density at radius 1 is 0.523 bits per heavy atom. The molecule has 10 heteroatoms. The van der Waals surface area contributed by atoms with Gasteiger partial charge in [0.25, 0.3) is 23.6 Å². The Bertz CT molecular complexity index is 1560. The molecule has 4 aromatic rings. The fourth-order valence-corrected chi connectivity index (χ4v) is 9.68. The summed E-state index contributed by atoms with van der Waals surface area (Å²) in [7, 11) is 0. The summed E-state index contributed by atoms with van der Waals surface area (Å²) < 4.78 is 0. The Morgan fingerprint density at radius 3 is 1.34 bits per heavy atom. The van der Waals surface area contributed by atoms with Gasteiger partial charge in [0.2, 0.25) is 0 Å². The maximum atomic E-state index is 12.9. The molecule has 2 aliphatic rings. The van der Waals surface area contributed by atoms with Crippen LogP contribution in [-0.2, 0) is 0 Å². The standard InChI is InChI=1S/C34H34N2O4S4/c1-3-5-7-9-17-35-31(37)23-19-27(43-29(23)33(35)39)25-15-13-21(41-25)11-12-22-14-16-26(42-22)28-20-24-30(44-28)34(40)36(32(24)38)18-10-8-6-4-2/h11-16,19-20H,3-10,17-18H2,1-2H3/b12-11+. The molecule has 0 spiro atoms. The van der Waals surface area contributed by atoms with Gasteiger partial charge in [0.1, 0.15) is 9.75 Å². The second kappa shape index (κ2) is 13.4. The van der Waals surface area contributed by atoms with E-state index in [2.05, 4.69) is 38.1 Å². The number of thiophene rings is 4. The molecule has 228 valence electrons. The number of unbranched alkanes of at least 4 members (excludes halogenated alkanes) is 6. The van der Waals surface area contributed by atoms with Crippen molar-refractivity contribution in [1.82, 2.24) is 9.80 Å². The Kier molecular flexibility index (Phi) is 9.42. The number of fused-ring (bicyclic) bond motifs is 2. The third kappa shape index (κ3) is 6.05. The van der Waals surface area contributed by atoms with Crippen molar-refractivity contribution < 1.29 is 19.2 Å². The van der Waals surface area contributed by atoms with Gasteiger partial charge in [0.15, 0.2) is 0 Å². The van der Waals surface area contributed by atoms with Crippen LogP contribution in [0.1, 0.15) is 115 Å². The highest BCUT2D eigenvalue weighted by Crippen LogP contribution is 2.42. The van der Waals surface area contributed by atoms with Crippen LogP contribution in [0.25, 0.3) is 31.7 Å². The number of carbonyl (C=O) groups is 4. The van der Waals surface area contributed by atoms with Crippen LogP contribution in [0.15, 0.2) is 36.4 Å². The summed E-state index contributed by atoms with van der Waals surface area (Å²) in [5, 5.41) is 0. The molecular weight excluding hydrogens is 629 g/mol. The third-order valence-corrected chi connectivity index (χ3v) is 12.7. The second-order valence-electron chi connectivity index (χ2n) is 11.1. The van der Waals surface area contributed by atoms with Gasteiger partial charge in [-0.3, -0.25) is 29.0 Å². The topological polar surface area (TPSA) is 74.8 Å². The van der Waals surface area contributed by atoms with Crippen molar-refractivity contribution in [1.29, 1.82) is 0 Å². The molecule has 0 aliphatic carbocycles. The first kappa shape index (κ1) is 30.8. The highest BCUT2D eigenvalue weighted by Gasteiger charge is 2.38. The predicted octanol–water partition coefficient (Wildman–Crippen LogP) is 9.79. The zero-order chi connectivity index (χ0) is 30.8. The minimum atomic E-state index is -0.168. The summed E-state index contributed by atoms with van der Waals surface area (Å²) in [4.78, 5) is 61.6. The molecule has 2 aliphatic heterocycles. The second-order valence-corrected chi connectivity index (χ2v) is 15.4. The fourth-order valence-electron chi connectivity index (χ4n) is 5.49. The van der Waals surface area contributed by atoms with Crippen molar-refractivity contribution in [3.8, 4) is 19.5 Å². The number of hydrogen-bond donors (Lipinski definition) is 0. The third-order valence-electron chi connectivity index (χ3n) is 7.92. The molecule has 6 rings (SSSR count). The molecule has 6 nitrogen and oxygen atoms in total. The number of hydrogen-bond acceptors (Lipinski definition) is 8. The molecule has 0 N–H and O–H groups in total. The maximum Gasteiger partial charge on any atom is 0.271 e. The summed E-state index contributed by atoms with van der Waals surface area (Å²) in [6.07, 6.45) is 12.4. The van der Waals surface area contributed by atoms with Crippen LogP contribution in [0.5, 0.6) is 0 Å². The average molecular weight is 663 g/mol. The van der Waals surface area contributed by atoms with E-state index in [9.17, 15) is 19.2 Å². The first-order valence-corrected chi connectivity index (χ1v) is 18.5. The normalized spacial score (nSPS) is 14.6. The van der Waals surface area contributed by atoms with Gasteiger partial charge in [0.05, 0.1) is 11.1 Å². The lowest BCUT2D eigenvalue weighted by atomic mass is 10.2. The molecule has 0 fully saturated rings. The van der Waals surface area contributed by atoms with Gasteiger partial charge in [-0.1, -0.05) is 52.4 Å². The first-order valence-electron chi connectivity index (χ1n) is 15.3. The van der Waals surface area contributed by atoms with Gasteiger partial charge in [-0.15, -0.1) is 45.3 Å². The zero-order valence-electron chi connectivity index (χ0n) is 24.9. The number of nitrogens with zero attached hydrogens (tertiary/aromatic N) is 2. The number of imide groups is 2. The number of amides is 4. The highest BCUT2D eigenvalue weighted by atomic mass is 32.1. The smallest absolute Gasteiger partial charge is 0.271 e. The monoisotopic (exact) mass is 662 g/mol. The van der Waals surface area contributed by atoms with E-state index in [4.69, 9.17) is 0 Å². The Balaban J connectivity index is 1.08. The van der Waals surface area contributed by atoms with Crippen LogP contribution in [0.4, 0.5) is 0 Å². The van der Waals surface area contributed by atoms with Gasteiger partial charge < -0.3 is 0 Å². The van der Waals surface area contributed by atoms with E-state index in [1.54, 1.807) is 22.7 Å². The van der Waals surface area contributed by atoms with Crippen LogP contribution in [0, 0.1) is 0 Å². The molecule has 0 saturated carbocycles. The zero-order valence-corrected chi connectivity index (χ0v) is 28.1. The molecule has 4 amide bonds. The predicted molar refractivity (Wildman–Crippen MR) is 183 cm³/mol. The molecule has 0 aromatic carbocycles. The van der Waals surface area contributed by atoms with E-state index in [1.165, 1.54) is 32.5 Å². The Hall–Kier alpha value is -3.18. The van der Waals surface area contributed by atoms with Gasteiger partial charge in [-0.05, 0) is 61.4 Å². The maximum absolute atomic E-state index is 12.9. The average Bonchev–Trinajstić information content (AvgIpc) is 3.85. The van der Waals surface area contributed by atoms with Crippen LogP contribution in [0.2, 0.25) is 0 Å². The summed E-state index contributed by atoms with van der Waals surface area (Å²) in [6, 6.07) is 11.9. The first-order chi connectivity index (χ1) is 21.4. The fraction of sp³-hybridized carbons (Fsp3) is 0.353. The summed E-state index contributed by atoms with van der Waals surface area (Å²) >= 11 is 6.06. The van der Waals surface area contributed by atoms with E-state index >= 15 is 0 Å². The van der Waals surface area contributed by atoms with Crippen LogP contribution >= 0.6 is 45.3 Å². The quantitative estimate of drug-likeness (QED) is 0.0995. The van der Waals surface area contributed by atoms with Crippen molar-refractivity contribution in [3.63, 3.8) is 0 Å². The summed E-state index contributed by atoms with van der Waals surface area (Å²) in [6.45, 7) is 5.28. The van der Waals surface area contributed by atoms with Crippen molar-refractivity contribution in [2.45, 2.75) is 65.2 Å². The minimum Gasteiger partial charge on any atom is -0.274 e. The van der Waals surface area contributed by atoms with Gasteiger partial charge in [0, 0.05) is 42.4 Å². The van der Waals surface area contributed by atoms with Crippen molar-refractivity contribution >= 4 is 81.1 Å². The van der Waals surface area contributed by atoms with Gasteiger partial charge in [-0.25, -0.2) is 0 Å². The molecule has 6 heterocycles. The molecule has 0 atom stereocenters. The van der Waals surface area contributed by atoms with Crippen LogP contribution < -0.4 is 0 Å². The van der Waals surface area contributed by atoms with Gasteiger partial charge in [-0.2, -0.15) is 0 Å². The lowest BCUT2D eigenvalue weighted by molar-refractivity contribution is 0.0637. The molecule has 4 aromatic heterocycles. The highest BCUT2D eigenvalue weighted by molar-refractivity contribution is 7.24. The van der Waals surface area contributed by atoms with E-state index in [0.717, 1.165) is 80.6 Å². The van der Waals surface area contributed by atoms with Crippen LogP contribution in [0.3, 0.4) is 0 Å². The molecule has 0 unspecified atom stereocenters. The largest absolute Gasteiger partial charge is 0.274 e. The molecule has 44 heavy (non-hydrogen) atoms. The van der Waals surface area contributed by atoms with Crippen LogP contribution in [-0.4, -0.2) is 46.5 Å². The number of rotatable bonds is 14. The lowest BCUT2D eigenvalue weighted by Gasteiger charge is -2.13. The van der Waals surface area contributed by atoms with E-state index < -0.39 is 0 Å². The van der Waals surface area contributed by atoms with Crippen molar-refractivity contribution in [2.24, 2.45) is 0 Å². The molecule has 0 radical (unpaired) electrons. The lowest BCUT2D eigenvalue weighted by Crippen LogP contribution is -2.30.